The topological polar surface area (TPSA) is 30.0 Å². The van der Waals surface area contributed by atoms with Crippen molar-refractivity contribution in [2.24, 2.45) is 0 Å². The first kappa shape index (κ1) is 13.7. The van der Waals surface area contributed by atoms with Crippen molar-refractivity contribution >= 4 is 23.2 Å². The zero-order valence-corrected chi connectivity index (χ0v) is 12.1. The van der Waals surface area contributed by atoms with E-state index in [1.165, 1.54) is 12.1 Å². The maximum atomic E-state index is 13.7. The summed E-state index contributed by atoms with van der Waals surface area (Å²) in [7, 11) is -3.07. The third-order valence-corrected chi connectivity index (χ3v) is 6.23. The van der Waals surface area contributed by atoms with Crippen LogP contribution in [0.5, 0.6) is 0 Å². The van der Waals surface area contributed by atoms with Crippen LogP contribution in [-0.2, 0) is 4.57 Å². The lowest BCUT2D eigenvalue weighted by Crippen LogP contribution is -2.26. The number of rotatable bonds is 3. The average Bonchev–Trinajstić information content (AvgIpc) is 2.56. The van der Waals surface area contributed by atoms with Gasteiger partial charge in [0.1, 0.15) is 11.3 Å². The van der Waals surface area contributed by atoms with Crippen LogP contribution in [0.2, 0.25) is 0 Å². The number of benzene rings is 2. The molecule has 0 aliphatic carbocycles. The van der Waals surface area contributed by atoms with E-state index < -0.39 is 13.0 Å². The van der Waals surface area contributed by atoms with Crippen LogP contribution in [0.3, 0.4) is 0 Å². The van der Waals surface area contributed by atoms with Crippen molar-refractivity contribution < 1.29 is 8.96 Å². The smallest absolute Gasteiger partial charge is 0.188 e. The van der Waals surface area contributed by atoms with Crippen molar-refractivity contribution in [3.63, 3.8) is 0 Å². The zero-order valence-electron chi connectivity index (χ0n) is 11.2. The molecule has 4 heteroatoms. The number of nitrogens with zero attached hydrogens (tertiary/aromatic N) is 1. The molecule has 0 fully saturated rings. The molecule has 0 bridgehead atoms. The minimum atomic E-state index is -3.07. The fourth-order valence-corrected chi connectivity index (χ4v) is 4.76. The number of hydrogen-bond acceptors (Lipinski definition) is 2. The third-order valence-electron chi connectivity index (χ3n) is 3.27. The molecule has 0 saturated heterocycles. The van der Waals surface area contributed by atoms with Gasteiger partial charge in [-0.05, 0) is 12.1 Å². The van der Waals surface area contributed by atoms with E-state index in [4.69, 9.17) is 0 Å². The van der Waals surface area contributed by atoms with Gasteiger partial charge in [0, 0.05) is 10.6 Å². The van der Waals surface area contributed by atoms with Gasteiger partial charge in [-0.2, -0.15) is 0 Å². The predicted molar refractivity (Wildman–Crippen MR) is 83.6 cm³/mol. The Hall–Kier alpha value is -2.25. The molecule has 1 aromatic heterocycles. The van der Waals surface area contributed by atoms with Gasteiger partial charge in [-0.3, -0.25) is 0 Å². The first-order valence-electron chi connectivity index (χ1n) is 6.54. The van der Waals surface area contributed by atoms with Crippen LogP contribution in [-0.4, -0.2) is 4.98 Å². The number of hydrogen-bond donors (Lipinski definition) is 0. The van der Waals surface area contributed by atoms with E-state index in [1.54, 1.807) is 0 Å². The Balaban J connectivity index is 2.26. The summed E-state index contributed by atoms with van der Waals surface area (Å²) in [5.41, 5.74) is 0.390. The Morgan fingerprint density at radius 1 is 0.762 bits per heavy atom. The van der Waals surface area contributed by atoms with E-state index >= 15 is 0 Å². The first-order valence-corrected chi connectivity index (χ1v) is 8.25. The van der Waals surface area contributed by atoms with Crippen LogP contribution in [0.25, 0.3) is 0 Å². The molecule has 0 spiro atoms. The average molecular weight is 297 g/mol. The SMILES string of the molecule is O=P(c1ccccc1)(c1ccccc1)c1ccc(F)cn1. The van der Waals surface area contributed by atoms with Crippen molar-refractivity contribution in [1.82, 2.24) is 4.98 Å². The van der Waals surface area contributed by atoms with Gasteiger partial charge >= 0.3 is 0 Å². The molecule has 3 rings (SSSR count). The lowest BCUT2D eigenvalue weighted by Gasteiger charge is -2.18. The highest BCUT2D eigenvalue weighted by Crippen LogP contribution is 2.41. The van der Waals surface area contributed by atoms with Crippen molar-refractivity contribution in [3.8, 4) is 0 Å². The molecule has 21 heavy (non-hydrogen) atoms. The highest BCUT2D eigenvalue weighted by atomic mass is 31.2. The van der Waals surface area contributed by atoms with Gasteiger partial charge in [-0.25, -0.2) is 9.37 Å². The number of pyridine rings is 1. The molecule has 0 saturated carbocycles. The summed E-state index contributed by atoms with van der Waals surface area (Å²) in [4.78, 5) is 4.07. The summed E-state index contributed by atoms with van der Waals surface area (Å²) in [5, 5.41) is 1.38. The largest absolute Gasteiger partial charge is 0.307 e. The van der Waals surface area contributed by atoms with Crippen LogP contribution >= 0.6 is 7.14 Å². The maximum Gasteiger partial charge on any atom is 0.188 e. The van der Waals surface area contributed by atoms with E-state index in [0.29, 0.717) is 16.0 Å². The quantitative estimate of drug-likeness (QED) is 0.696. The minimum Gasteiger partial charge on any atom is -0.307 e. The molecule has 0 unspecified atom stereocenters. The van der Waals surface area contributed by atoms with Gasteiger partial charge in [-0.15, -0.1) is 0 Å². The Morgan fingerprint density at radius 3 is 1.71 bits per heavy atom. The lowest BCUT2D eigenvalue weighted by molar-refractivity contribution is 0.591. The van der Waals surface area contributed by atoms with E-state index in [0.717, 1.165) is 6.20 Å². The summed E-state index contributed by atoms with van der Waals surface area (Å²) in [6.07, 6.45) is 1.11. The van der Waals surface area contributed by atoms with Gasteiger partial charge in [0.05, 0.1) is 6.20 Å². The van der Waals surface area contributed by atoms with Crippen LogP contribution in [0.15, 0.2) is 79.0 Å². The molecule has 3 aromatic rings. The Bertz CT molecular complexity index is 729. The molecule has 2 aromatic carbocycles. The molecule has 0 atom stereocenters. The van der Waals surface area contributed by atoms with Crippen LogP contribution in [0.4, 0.5) is 4.39 Å². The van der Waals surface area contributed by atoms with Gasteiger partial charge < -0.3 is 4.57 Å². The molecule has 1 heterocycles. The van der Waals surface area contributed by atoms with Crippen molar-refractivity contribution in [2.75, 3.05) is 0 Å². The molecule has 0 radical (unpaired) electrons. The molecule has 104 valence electrons. The van der Waals surface area contributed by atoms with Gasteiger partial charge in [0.15, 0.2) is 7.14 Å². The zero-order chi connectivity index (χ0) is 14.7. The second kappa shape index (κ2) is 5.63. The van der Waals surface area contributed by atoms with Gasteiger partial charge in [0.25, 0.3) is 0 Å². The maximum absolute atomic E-state index is 13.7. The summed E-state index contributed by atoms with van der Waals surface area (Å²) in [6, 6.07) is 21.2. The van der Waals surface area contributed by atoms with E-state index in [9.17, 15) is 8.96 Å². The third kappa shape index (κ3) is 2.53. The van der Waals surface area contributed by atoms with E-state index in [1.807, 2.05) is 60.7 Å². The molecular weight excluding hydrogens is 284 g/mol. The first-order chi connectivity index (χ1) is 10.2. The molecular formula is C17H13FNOP. The second-order valence-corrected chi connectivity index (χ2v) is 7.32. The van der Waals surface area contributed by atoms with E-state index in [2.05, 4.69) is 4.98 Å². The number of halogens is 1. The highest BCUT2D eigenvalue weighted by molar-refractivity contribution is 7.85. The van der Waals surface area contributed by atoms with Gasteiger partial charge in [-0.1, -0.05) is 60.7 Å². The normalized spacial score (nSPS) is 11.3. The van der Waals surface area contributed by atoms with Crippen molar-refractivity contribution in [1.29, 1.82) is 0 Å². The summed E-state index contributed by atoms with van der Waals surface area (Å²) in [6.45, 7) is 0. The van der Waals surface area contributed by atoms with Crippen LogP contribution < -0.4 is 16.0 Å². The highest BCUT2D eigenvalue weighted by Gasteiger charge is 2.30. The minimum absolute atomic E-state index is 0.390. The molecule has 0 N–H and O–H groups in total. The Labute approximate surface area is 122 Å². The summed E-state index contributed by atoms with van der Waals surface area (Å²) in [5.74, 6) is -0.438. The fourth-order valence-electron chi connectivity index (χ4n) is 2.24. The van der Waals surface area contributed by atoms with Crippen LogP contribution in [0, 0.1) is 5.82 Å². The second-order valence-electron chi connectivity index (χ2n) is 4.61. The van der Waals surface area contributed by atoms with Crippen molar-refractivity contribution in [2.45, 2.75) is 0 Å². The molecule has 0 aliphatic heterocycles. The van der Waals surface area contributed by atoms with E-state index in [-0.39, 0.29) is 0 Å². The molecule has 0 amide bonds. The van der Waals surface area contributed by atoms with Crippen LogP contribution in [0.1, 0.15) is 0 Å². The Kier molecular flexibility index (Phi) is 3.68. The fraction of sp³-hybridized carbons (Fsp3) is 0. The van der Waals surface area contributed by atoms with Crippen molar-refractivity contribution in [3.05, 3.63) is 84.8 Å². The monoisotopic (exact) mass is 297 g/mol. The summed E-state index contributed by atoms with van der Waals surface area (Å²) < 4.78 is 26.9. The number of aromatic nitrogens is 1. The Morgan fingerprint density at radius 2 is 1.29 bits per heavy atom. The molecule has 2 nitrogen and oxygen atoms in total. The summed E-state index contributed by atoms with van der Waals surface area (Å²) >= 11 is 0. The standard InChI is InChI=1S/C17H13FNOP/c18-14-11-12-17(19-13-14)21(20,15-7-3-1-4-8-15)16-9-5-2-6-10-16/h1-13H. The van der Waals surface area contributed by atoms with Gasteiger partial charge in [0.2, 0.25) is 0 Å². The predicted octanol–water partition coefficient (Wildman–Crippen LogP) is 2.86. The lowest BCUT2D eigenvalue weighted by atomic mass is 10.4. The molecule has 0 aliphatic rings.